The molecule has 1 aromatic rings. The monoisotopic (exact) mass is 278 g/mol. The third-order valence-corrected chi connectivity index (χ3v) is 6.10. The summed E-state index contributed by atoms with van der Waals surface area (Å²) in [5.74, 6) is 0.832. The van der Waals surface area contributed by atoms with Crippen LogP contribution in [0.3, 0.4) is 0 Å². The maximum Gasteiger partial charge on any atom is 0.158 e. The Morgan fingerprint density at radius 2 is 2.05 bits per heavy atom. The van der Waals surface area contributed by atoms with Crippen LogP contribution in [0.4, 0.5) is 0 Å². The second-order valence-corrected chi connectivity index (χ2v) is 7.75. The number of rotatable bonds is 6. The third kappa shape index (κ3) is 5.47. The molecule has 0 spiro atoms. The van der Waals surface area contributed by atoms with Crippen molar-refractivity contribution in [3.8, 4) is 0 Å². The minimum absolute atomic E-state index is 0.0174. The summed E-state index contributed by atoms with van der Waals surface area (Å²) in [6.07, 6.45) is 3.46. The second kappa shape index (κ2) is 7.83. The highest BCUT2D eigenvalue weighted by Gasteiger charge is 2.13. The average Bonchev–Trinajstić information content (AvgIpc) is 2.45. The predicted octanol–water partition coefficient (Wildman–Crippen LogP) is 2.60. The third-order valence-electron chi connectivity index (χ3n) is 3.61. The van der Waals surface area contributed by atoms with E-state index >= 15 is 0 Å². The van der Waals surface area contributed by atoms with E-state index in [2.05, 4.69) is 38.1 Å². The molecule has 0 amide bonds. The van der Waals surface area contributed by atoms with Gasteiger partial charge in [-0.1, -0.05) is 49.3 Å². The standard InChI is InChI=1S/C16H26O2Si/c1-13(2)12-19-15-8-6-14(7-9-15)11-18-16-5-3-4-10-17-16/h6-9,13,16H,3-5,10-12,19H2,1-2H3. The summed E-state index contributed by atoms with van der Waals surface area (Å²) in [5, 5.41) is 1.56. The zero-order chi connectivity index (χ0) is 13.5. The molecule has 0 aliphatic carbocycles. The zero-order valence-corrected chi connectivity index (χ0v) is 13.6. The van der Waals surface area contributed by atoms with E-state index in [1.165, 1.54) is 24.4 Å². The Morgan fingerprint density at radius 3 is 2.68 bits per heavy atom. The summed E-state index contributed by atoms with van der Waals surface area (Å²) in [5.41, 5.74) is 1.26. The lowest BCUT2D eigenvalue weighted by atomic mass is 10.2. The molecule has 1 aliphatic rings. The van der Waals surface area contributed by atoms with Crippen LogP contribution in [0.25, 0.3) is 0 Å². The van der Waals surface area contributed by atoms with Gasteiger partial charge in [0.15, 0.2) is 6.29 Å². The van der Waals surface area contributed by atoms with Gasteiger partial charge in [0, 0.05) is 6.61 Å². The van der Waals surface area contributed by atoms with Crippen LogP contribution in [-0.4, -0.2) is 22.4 Å². The van der Waals surface area contributed by atoms with Crippen molar-refractivity contribution in [2.75, 3.05) is 6.61 Å². The highest BCUT2D eigenvalue weighted by Crippen LogP contribution is 2.15. The largest absolute Gasteiger partial charge is 0.353 e. The van der Waals surface area contributed by atoms with E-state index in [1.54, 1.807) is 5.19 Å². The zero-order valence-electron chi connectivity index (χ0n) is 12.2. The summed E-state index contributed by atoms with van der Waals surface area (Å²) in [6, 6.07) is 10.4. The van der Waals surface area contributed by atoms with Gasteiger partial charge in [-0.05, 0) is 30.7 Å². The lowest BCUT2D eigenvalue weighted by Crippen LogP contribution is -2.22. The normalized spacial score (nSPS) is 20.5. The summed E-state index contributed by atoms with van der Waals surface area (Å²) in [6.45, 7) is 6.14. The molecule has 0 N–H and O–H groups in total. The first kappa shape index (κ1) is 14.8. The quantitative estimate of drug-likeness (QED) is 0.745. The molecular weight excluding hydrogens is 252 g/mol. The van der Waals surface area contributed by atoms with Gasteiger partial charge in [0.05, 0.1) is 16.1 Å². The summed E-state index contributed by atoms with van der Waals surface area (Å²) >= 11 is 0. The minimum atomic E-state index is -0.0733. The van der Waals surface area contributed by atoms with Crippen LogP contribution in [0.2, 0.25) is 6.04 Å². The van der Waals surface area contributed by atoms with Gasteiger partial charge < -0.3 is 9.47 Å². The van der Waals surface area contributed by atoms with Crippen LogP contribution in [0.15, 0.2) is 24.3 Å². The van der Waals surface area contributed by atoms with Crippen LogP contribution in [0, 0.1) is 5.92 Å². The van der Waals surface area contributed by atoms with Crippen LogP contribution < -0.4 is 5.19 Å². The van der Waals surface area contributed by atoms with Crippen molar-refractivity contribution >= 4 is 14.7 Å². The summed E-state index contributed by atoms with van der Waals surface area (Å²) in [4.78, 5) is 0. The van der Waals surface area contributed by atoms with E-state index in [-0.39, 0.29) is 15.8 Å². The average molecular weight is 278 g/mol. The summed E-state index contributed by atoms with van der Waals surface area (Å²) in [7, 11) is -0.0733. The molecule has 2 rings (SSSR count). The van der Waals surface area contributed by atoms with E-state index in [0.717, 1.165) is 18.9 Å². The van der Waals surface area contributed by atoms with Crippen molar-refractivity contribution < 1.29 is 9.47 Å². The highest BCUT2D eigenvalue weighted by atomic mass is 28.2. The molecule has 1 aliphatic heterocycles. The molecule has 1 heterocycles. The molecule has 1 atom stereocenters. The lowest BCUT2D eigenvalue weighted by molar-refractivity contribution is -0.168. The second-order valence-electron chi connectivity index (χ2n) is 5.86. The number of benzene rings is 1. The Labute approximate surface area is 119 Å². The van der Waals surface area contributed by atoms with Crippen molar-refractivity contribution in [2.24, 2.45) is 5.92 Å². The van der Waals surface area contributed by atoms with Crippen LogP contribution in [0.5, 0.6) is 0 Å². The van der Waals surface area contributed by atoms with E-state index < -0.39 is 0 Å². The number of hydrogen-bond acceptors (Lipinski definition) is 2. The molecule has 19 heavy (non-hydrogen) atoms. The maximum absolute atomic E-state index is 5.80. The Balaban J connectivity index is 1.74. The molecule has 0 saturated carbocycles. The Hall–Kier alpha value is -0.643. The van der Waals surface area contributed by atoms with Gasteiger partial charge in [-0.3, -0.25) is 0 Å². The molecule has 0 aromatic heterocycles. The van der Waals surface area contributed by atoms with Gasteiger partial charge in [0.25, 0.3) is 0 Å². The van der Waals surface area contributed by atoms with Gasteiger partial charge in [0.1, 0.15) is 0 Å². The molecule has 1 saturated heterocycles. The highest BCUT2D eigenvalue weighted by molar-refractivity contribution is 6.53. The SMILES string of the molecule is CC(C)C[SiH2]c1ccc(COC2CCCCO2)cc1. The van der Waals surface area contributed by atoms with Gasteiger partial charge in [-0.15, -0.1) is 0 Å². The molecule has 3 heteroatoms. The predicted molar refractivity (Wildman–Crippen MR) is 82.6 cm³/mol. The minimum Gasteiger partial charge on any atom is -0.353 e. The van der Waals surface area contributed by atoms with Crippen LogP contribution in [-0.2, 0) is 16.1 Å². The van der Waals surface area contributed by atoms with Gasteiger partial charge in [0.2, 0.25) is 0 Å². The van der Waals surface area contributed by atoms with Gasteiger partial charge >= 0.3 is 0 Å². The number of hydrogen-bond donors (Lipinski definition) is 0. The summed E-state index contributed by atoms with van der Waals surface area (Å²) < 4.78 is 11.4. The Kier molecular flexibility index (Phi) is 6.08. The van der Waals surface area contributed by atoms with E-state index in [9.17, 15) is 0 Å². The van der Waals surface area contributed by atoms with E-state index in [1.807, 2.05) is 0 Å². The molecule has 106 valence electrons. The molecule has 0 radical (unpaired) electrons. The maximum atomic E-state index is 5.80. The van der Waals surface area contributed by atoms with Gasteiger partial charge in [-0.2, -0.15) is 0 Å². The first-order chi connectivity index (χ1) is 9.24. The van der Waals surface area contributed by atoms with Crippen LogP contribution in [0.1, 0.15) is 38.7 Å². The molecule has 1 aromatic carbocycles. The Morgan fingerprint density at radius 1 is 1.26 bits per heavy atom. The first-order valence-electron chi connectivity index (χ1n) is 7.55. The van der Waals surface area contributed by atoms with E-state index in [0.29, 0.717) is 6.61 Å². The fraction of sp³-hybridized carbons (Fsp3) is 0.625. The molecule has 0 bridgehead atoms. The molecule has 1 fully saturated rings. The van der Waals surface area contributed by atoms with Crippen molar-refractivity contribution in [1.29, 1.82) is 0 Å². The van der Waals surface area contributed by atoms with E-state index in [4.69, 9.17) is 9.47 Å². The topological polar surface area (TPSA) is 18.5 Å². The number of ether oxygens (including phenoxy) is 2. The van der Waals surface area contributed by atoms with Crippen molar-refractivity contribution in [3.63, 3.8) is 0 Å². The fourth-order valence-corrected chi connectivity index (χ4v) is 3.77. The van der Waals surface area contributed by atoms with Crippen LogP contribution >= 0.6 is 0 Å². The molecule has 2 nitrogen and oxygen atoms in total. The lowest BCUT2D eigenvalue weighted by Gasteiger charge is -2.22. The molecule has 1 unspecified atom stereocenters. The van der Waals surface area contributed by atoms with Gasteiger partial charge in [-0.25, -0.2) is 0 Å². The first-order valence-corrected chi connectivity index (χ1v) is 9.26. The molecular formula is C16H26O2Si. The van der Waals surface area contributed by atoms with Crippen molar-refractivity contribution in [2.45, 2.75) is 52.1 Å². The van der Waals surface area contributed by atoms with Crippen molar-refractivity contribution in [1.82, 2.24) is 0 Å². The van der Waals surface area contributed by atoms with Crippen molar-refractivity contribution in [3.05, 3.63) is 29.8 Å². The smallest absolute Gasteiger partial charge is 0.158 e. The fourth-order valence-electron chi connectivity index (χ4n) is 2.29. The Bertz CT molecular complexity index is 356.